The summed E-state index contributed by atoms with van der Waals surface area (Å²) in [6.07, 6.45) is 2.33. The smallest absolute Gasteiger partial charge is 0.242 e. The highest BCUT2D eigenvalue weighted by molar-refractivity contribution is 7.89. The van der Waals surface area contributed by atoms with E-state index in [9.17, 15) is 8.42 Å². The third kappa shape index (κ3) is 5.22. The molecule has 7 nitrogen and oxygen atoms in total. The van der Waals surface area contributed by atoms with Gasteiger partial charge in [-0.3, -0.25) is 0 Å². The SMILES string of the molecule is Cc1cc(N2CCCC2)nc(NCCNS(=O)(=O)c2cc(Cl)ccc2Cl)n1. The lowest BCUT2D eigenvalue weighted by Gasteiger charge is -2.17. The van der Waals surface area contributed by atoms with Crippen molar-refractivity contribution in [2.24, 2.45) is 0 Å². The molecular weight excluding hydrogens is 409 g/mol. The van der Waals surface area contributed by atoms with Crippen molar-refractivity contribution in [3.63, 3.8) is 0 Å². The fourth-order valence-electron chi connectivity index (χ4n) is 2.86. The largest absolute Gasteiger partial charge is 0.356 e. The molecule has 10 heteroatoms. The van der Waals surface area contributed by atoms with Crippen molar-refractivity contribution in [2.75, 3.05) is 36.4 Å². The van der Waals surface area contributed by atoms with Crippen molar-refractivity contribution < 1.29 is 8.42 Å². The zero-order valence-electron chi connectivity index (χ0n) is 14.9. The van der Waals surface area contributed by atoms with Gasteiger partial charge < -0.3 is 10.2 Å². The molecule has 0 spiro atoms. The molecule has 2 N–H and O–H groups in total. The fraction of sp³-hybridized carbons (Fsp3) is 0.412. The van der Waals surface area contributed by atoms with Gasteiger partial charge in [0.05, 0.1) is 5.02 Å². The van der Waals surface area contributed by atoms with Gasteiger partial charge in [-0.05, 0) is 38.0 Å². The predicted molar refractivity (Wildman–Crippen MR) is 108 cm³/mol. The number of halogens is 2. The summed E-state index contributed by atoms with van der Waals surface area (Å²) in [4.78, 5) is 11.1. The molecule has 2 heterocycles. The van der Waals surface area contributed by atoms with E-state index in [1.54, 1.807) is 0 Å². The fourth-order valence-corrected chi connectivity index (χ4v) is 4.65. The number of aryl methyl sites for hydroxylation is 1. The van der Waals surface area contributed by atoms with Crippen molar-refractivity contribution in [2.45, 2.75) is 24.7 Å². The van der Waals surface area contributed by atoms with Crippen LogP contribution in [0.3, 0.4) is 0 Å². The van der Waals surface area contributed by atoms with E-state index in [2.05, 4.69) is 24.9 Å². The minimum atomic E-state index is -3.75. The summed E-state index contributed by atoms with van der Waals surface area (Å²) >= 11 is 11.8. The van der Waals surface area contributed by atoms with Gasteiger partial charge in [0.2, 0.25) is 16.0 Å². The van der Waals surface area contributed by atoms with E-state index in [1.807, 2.05) is 13.0 Å². The Morgan fingerprint density at radius 2 is 1.85 bits per heavy atom. The number of hydrogen-bond acceptors (Lipinski definition) is 6. The van der Waals surface area contributed by atoms with Crippen LogP contribution in [0.25, 0.3) is 0 Å². The van der Waals surface area contributed by atoms with Crippen LogP contribution in [0.1, 0.15) is 18.5 Å². The first kappa shape index (κ1) is 20.1. The van der Waals surface area contributed by atoms with Crippen LogP contribution in [0.15, 0.2) is 29.2 Å². The summed E-state index contributed by atoms with van der Waals surface area (Å²) in [5, 5.41) is 3.49. The van der Waals surface area contributed by atoms with Crippen molar-refractivity contribution in [1.29, 1.82) is 0 Å². The van der Waals surface area contributed by atoms with Gasteiger partial charge in [0.1, 0.15) is 10.7 Å². The molecule has 0 aliphatic carbocycles. The Bertz CT molecular complexity index is 918. The lowest BCUT2D eigenvalue weighted by atomic mass is 10.4. The maximum absolute atomic E-state index is 12.4. The number of nitrogens with one attached hydrogen (secondary N) is 2. The van der Waals surface area contributed by atoms with Gasteiger partial charge in [-0.2, -0.15) is 4.98 Å². The molecule has 1 aliphatic heterocycles. The Balaban J connectivity index is 1.59. The van der Waals surface area contributed by atoms with Gasteiger partial charge in [0.25, 0.3) is 0 Å². The van der Waals surface area contributed by atoms with Crippen LogP contribution in [0, 0.1) is 6.92 Å². The van der Waals surface area contributed by atoms with E-state index in [0.717, 1.165) is 24.6 Å². The predicted octanol–water partition coefficient (Wildman–Crippen LogP) is 3.08. The standard InChI is InChI=1S/C17H21Cl2N5O2S/c1-12-10-16(24-8-2-3-9-24)23-17(22-12)20-6-7-21-27(25,26)15-11-13(18)4-5-14(15)19/h4-5,10-11,21H,2-3,6-9H2,1H3,(H,20,22,23). The van der Waals surface area contributed by atoms with E-state index >= 15 is 0 Å². The average molecular weight is 430 g/mol. The zero-order chi connectivity index (χ0) is 19.4. The monoisotopic (exact) mass is 429 g/mol. The number of hydrogen-bond donors (Lipinski definition) is 2. The van der Waals surface area contributed by atoms with Gasteiger partial charge in [0, 0.05) is 43.0 Å². The van der Waals surface area contributed by atoms with Crippen LogP contribution in [0.2, 0.25) is 10.0 Å². The molecule has 1 aromatic carbocycles. The van der Waals surface area contributed by atoms with Crippen molar-refractivity contribution in [3.8, 4) is 0 Å². The van der Waals surface area contributed by atoms with E-state index < -0.39 is 10.0 Å². The molecule has 0 amide bonds. The number of nitrogens with zero attached hydrogens (tertiary/aromatic N) is 3. The summed E-state index contributed by atoms with van der Waals surface area (Å²) in [5.41, 5.74) is 0.862. The van der Waals surface area contributed by atoms with Crippen LogP contribution < -0.4 is 14.9 Å². The minimum absolute atomic E-state index is 0.0419. The molecule has 0 unspecified atom stereocenters. The summed E-state index contributed by atoms with van der Waals surface area (Å²) in [6, 6.07) is 6.28. The summed E-state index contributed by atoms with van der Waals surface area (Å²) in [7, 11) is -3.75. The normalized spacial score (nSPS) is 14.6. The Morgan fingerprint density at radius 1 is 1.11 bits per heavy atom. The molecule has 2 aromatic rings. The van der Waals surface area contributed by atoms with Crippen LogP contribution in [0.5, 0.6) is 0 Å². The van der Waals surface area contributed by atoms with Crippen LogP contribution >= 0.6 is 23.2 Å². The Kier molecular flexibility index (Phi) is 6.41. The van der Waals surface area contributed by atoms with E-state index in [0.29, 0.717) is 17.5 Å². The molecule has 0 atom stereocenters. The second kappa shape index (κ2) is 8.60. The molecule has 1 fully saturated rings. The Morgan fingerprint density at radius 3 is 2.59 bits per heavy atom. The van der Waals surface area contributed by atoms with Crippen molar-refractivity contribution >= 4 is 45.0 Å². The summed E-state index contributed by atoms with van der Waals surface area (Å²) < 4.78 is 27.3. The molecule has 1 saturated heterocycles. The average Bonchev–Trinajstić information content (AvgIpc) is 3.15. The topological polar surface area (TPSA) is 87.2 Å². The third-order valence-corrected chi connectivity index (χ3v) is 6.33. The van der Waals surface area contributed by atoms with E-state index in [-0.39, 0.29) is 16.5 Å². The van der Waals surface area contributed by atoms with Gasteiger partial charge in [-0.1, -0.05) is 23.2 Å². The van der Waals surface area contributed by atoms with Crippen LogP contribution in [-0.4, -0.2) is 44.6 Å². The van der Waals surface area contributed by atoms with Crippen molar-refractivity contribution in [3.05, 3.63) is 40.0 Å². The van der Waals surface area contributed by atoms with Gasteiger partial charge in [-0.25, -0.2) is 18.1 Å². The van der Waals surface area contributed by atoms with Crippen molar-refractivity contribution in [1.82, 2.24) is 14.7 Å². The maximum atomic E-state index is 12.4. The first-order valence-electron chi connectivity index (χ1n) is 8.64. The summed E-state index contributed by atoms with van der Waals surface area (Å²) in [6.45, 7) is 4.39. The van der Waals surface area contributed by atoms with E-state index in [1.165, 1.54) is 31.0 Å². The Hall–Kier alpha value is -1.61. The van der Waals surface area contributed by atoms with Gasteiger partial charge >= 0.3 is 0 Å². The molecule has 146 valence electrons. The molecule has 27 heavy (non-hydrogen) atoms. The van der Waals surface area contributed by atoms with E-state index in [4.69, 9.17) is 23.2 Å². The highest BCUT2D eigenvalue weighted by Gasteiger charge is 2.18. The third-order valence-electron chi connectivity index (χ3n) is 4.15. The summed E-state index contributed by atoms with van der Waals surface area (Å²) in [5.74, 6) is 1.38. The molecule has 0 saturated carbocycles. The molecule has 1 aromatic heterocycles. The first-order valence-corrected chi connectivity index (χ1v) is 10.9. The molecule has 0 bridgehead atoms. The van der Waals surface area contributed by atoms with Crippen LogP contribution in [0.4, 0.5) is 11.8 Å². The molecule has 1 aliphatic rings. The first-order chi connectivity index (χ1) is 12.8. The van der Waals surface area contributed by atoms with Gasteiger partial charge in [0.15, 0.2) is 0 Å². The second-order valence-corrected chi connectivity index (χ2v) is 8.86. The van der Waals surface area contributed by atoms with Gasteiger partial charge in [-0.15, -0.1) is 0 Å². The molecule has 3 rings (SSSR count). The molecular formula is C17H21Cl2N5O2S. The number of rotatable bonds is 7. The lowest BCUT2D eigenvalue weighted by molar-refractivity contribution is 0.583. The highest BCUT2D eigenvalue weighted by atomic mass is 35.5. The zero-order valence-corrected chi connectivity index (χ0v) is 17.2. The second-order valence-electron chi connectivity index (χ2n) is 6.28. The quantitative estimate of drug-likeness (QED) is 0.657. The van der Waals surface area contributed by atoms with Crippen LogP contribution in [-0.2, 0) is 10.0 Å². The Labute approximate surface area is 169 Å². The number of aromatic nitrogens is 2. The minimum Gasteiger partial charge on any atom is -0.356 e. The number of benzene rings is 1. The lowest BCUT2D eigenvalue weighted by Crippen LogP contribution is -2.29. The highest BCUT2D eigenvalue weighted by Crippen LogP contribution is 2.24. The number of sulfonamides is 1. The maximum Gasteiger partial charge on any atom is 0.242 e. The molecule has 0 radical (unpaired) electrons. The number of anilines is 2.